The number of pyridine rings is 1. The second-order valence-electron chi connectivity index (χ2n) is 10.2. The Kier molecular flexibility index (Phi) is 7.10. The maximum Gasteiger partial charge on any atom is 0.325 e. The molecule has 2 saturated heterocycles. The van der Waals surface area contributed by atoms with Crippen LogP contribution < -0.4 is 15.0 Å². The lowest BCUT2D eigenvalue weighted by molar-refractivity contribution is -0.142. The van der Waals surface area contributed by atoms with Crippen molar-refractivity contribution in [2.24, 2.45) is 5.92 Å². The van der Waals surface area contributed by atoms with Gasteiger partial charge in [-0.3, -0.25) is 19.5 Å². The Hall–Kier alpha value is -3.51. The smallest absolute Gasteiger partial charge is 0.325 e. The quantitative estimate of drug-likeness (QED) is 0.299. The summed E-state index contributed by atoms with van der Waals surface area (Å²) in [6.07, 6.45) is 3.14. The van der Waals surface area contributed by atoms with E-state index in [1.165, 1.54) is 28.8 Å². The van der Waals surface area contributed by atoms with Crippen LogP contribution in [0.3, 0.4) is 0 Å². The summed E-state index contributed by atoms with van der Waals surface area (Å²) in [6.45, 7) is 7.71. The lowest BCUT2D eigenvalue weighted by Crippen LogP contribution is -2.50. The Bertz CT molecular complexity index is 1400. The van der Waals surface area contributed by atoms with E-state index in [1.807, 2.05) is 25.1 Å². The molecule has 2 fully saturated rings. The van der Waals surface area contributed by atoms with Gasteiger partial charge < -0.3 is 15.0 Å². The summed E-state index contributed by atoms with van der Waals surface area (Å²) in [7, 11) is -3.86. The van der Waals surface area contributed by atoms with Crippen LogP contribution in [-0.4, -0.2) is 78.8 Å². The van der Waals surface area contributed by atoms with E-state index >= 15 is 0 Å². The van der Waals surface area contributed by atoms with E-state index in [2.05, 4.69) is 29.0 Å². The number of aromatic nitrogens is 1. The van der Waals surface area contributed by atoms with Gasteiger partial charge in [0.2, 0.25) is 10.0 Å². The van der Waals surface area contributed by atoms with E-state index in [-0.39, 0.29) is 49.3 Å². The van der Waals surface area contributed by atoms with E-state index in [9.17, 15) is 22.8 Å². The Labute approximate surface area is 228 Å². The number of imide groups is 1. The van der Waals surface area contributed by atoms with E-state index < -0.39 is 33.4 Å². The van der Waals surface area contributed by atoms with Crippen LogP contribution in [0, 0.1) is 5.92 Å². The molecule has 3 aliphatic heterocycles. The maximum absolute atomic E-state index is 13.4. The van der Waals surface area contributed by atoms with Crippen LogP contribution in [0.1, 0.15) is 45.1 Å². The molecule has 3 unspecified atom stereocenters. The van der Waals surface area contributed by atoms with Crippen molar-refractivity contribution >= 4 is 33.6 Å². The van der Waals surface area contributed by atoms with Gasteiger partial charge in [0, 0.05) is 56.9 Å². The summed E-state index contributed by atoms with van der Waals surface area (Å²) < 4.78 is 33.0. The predicted molar refractivity (Wildman–Crippen MR) is 143 cm³/mol. The van der Waals surface area contributed by atoms with Crippen molar-refractivity contribution in [3.63, 3.8) is 0 Å². The lowest BCUT2D eigenvalue weighted by atomic mass is 9.82. The zero-order valence-electron chi connectivity index (χ0n) is 22.3. The zero-order chi connectivity index (χ0) is 27.9. The molecule has 5 rings (SSSR count). The molecule has 39 heavy (non-hydrogen) atoms. The van der Waals surface area contributed by atoms with E-state index in [4.69, 9.17) is 4.74 Å². The van der Waals surface area contributed by atoms with Gasteiger partial charge >= 0.3 is 12.0 Å². The van der Waals surface area contributed by atoms with Crippen molar-refractivity contribution in [2.45, 2.75) is 50.0 Å². The third-order valence-corrected chi connectivity index (χ3v) is 9.98. The predicted octanol–water partition coefficient (Wildman–Crippen LogP) is 2.34. The topological polar surface area (TPSA) is 129 Å². The molecule has 12 heteroatoms. The third-order valence-electron chi connectivity index (χ3n) is 8.15. The number of benzene rings is 1. The fraction of sp³-hybridized carbons (Fsp3) is 0.481. The van der Waals surface area contributed by atoms with E-state index in [0.717, 1.165) is 29.2 Å². The van der Waals surface area contributed by atoms with Crippen molar-refractivity contribution in [1.82, 2.24) is 19.5 Å². The van der Waals surface area contributed by atoms with Gasteiger partial charge in [-0.25, -0.2) is 13.2 Å². The molecule has 1 aromatic heterocycles. The molecule has 208 valence electrons. The minimum atomic E-state index is -3.86. The highest BCUT2D eigenvalue weighted by Crippen LogP contribution is 2.41. The number of fused-ring (bicyclic) bond motifs is 1. The average Bonchev–Trinajstić information content (AvgIpc) is 3.46. The van der Waals surface area contributed by atoms with Crippen LogP contribution in [0.4, 0.5) is 10.5 Å². The Morgan fingerprint density at radius 2 is 1.95 bits per heavy atom. The van der Waals surface area contributed by atoms with Crippen LogP contribution >= 0.6 is 0 Å². The number of urea groups is 1. The van der Waals surface area contributed by atoms with Crippen molar-refractivity contribution in [3.05, 3.63) is 48.3 Å². The molecule has 3 aliphatic rings. The maximum atomic E-state index is 13.4. The summed E-state index contributed by atoms with van der Waals surface area (Å²) in [4.78, 5) is 46.4. The van der Waals surface area contributed by atoms with Gasteiger partial charge in [-0.05, 0) is 56.4 Å². The number of amides is 3. The highest BCUT2D eigenvalue weighted by Gasteiger charge is 2.56. The lowest BCUT2D eigenvalue weighted by Gasteiger charge is -2.31. The Balaban J connectivity index is 1.27. The zero-order valence-corrected chi connectivity index (χ0v) is 23.1. The number of hydrogen-bond donors (Lipinski definition) is 1. The molecule has 11 nitrogen and oxygen atoms in total. The summed E-state index contributed by atoms with van der Waals surface area (Å²) in [5, 5.41) is 2.73. The number of anilines is 1. The van der Waals surface area contributed by atoms with Crippen molar-refractivity contribution < 1.29 is 27.5 Å². The first-order valence-electron chi connectivity index (χ1n) is 13.3. The van der Waals surface area contributed by atoms with Crippen LogP contribution in [0.5, 0.6) is 5.75 Å². The van der Waals surface area contributed by atoms with Gasteiger partial charge in [0.15, 0.2) is 0 Å². The first-order valence-corrected chi connectivity index (χ1v) is 14.7. The SMILES string of the molecule is CCN(CC)c1ccc2c(c1)OC(=O)C(CCN1C(=O)NC3(CCN(S(=O)(=O)c4cccnc4)C3)C1=O)C2C. The minimum Gasteiger partial charge on any atom is -0.426 e. The van der Waals surface area contributed by atoms with E-state index in [1.54, 1.807) is 0 Å². The number of hydrogen-bond acceptors (Lipinski definition) is 8. The van der Waals surface area contributed by atoms with Crippen LogP contribution in [0.25, 0.3) is 0 Å². The standard InChI is InChI=1S/C27H33N5O6S/c1-4-30(5-2)19-8-9-21-18(3)22(24(33)38-23(21)15-19)10-13-32-25(34)27(29-26(32)35)11-14-31(17-27)39(36,37)20-7-6-12-28-16-20/h6-9,12,15-16,18,22H,4-5,10-11,13-14,17H2,1-3H3,(H,29,35). The number of esters is 1. The summed E-state index contributed by atoms with van der Waals surface area (Å²) in [5.41, 5.74) is 0.576. The number of nitrogens with zero attached hydrogens (tertiary/aromatic N) is 4. The molecule has 0 aliphatic carbocycles. The van der Waals surface area contributed by atoms with Gasteiger partial charge in [0.25, 0.3) is 5.91 Å². The van der Waals surface area contributed by atoms with Crippen LogP contribution in [-0.2, 0) is 19.6 Å². The molecule has 0 radical (unpaired) electrons. The molecule has 3 amide bonds. The molecule has 1 aromatic carbocycles. The Morgan fingerprint density at radius 1 is 1.18 bits per heavy atom. The second-order valence-corrected chi connectivity index (χ2v) is 12.2. The largest absolute Gasteiger partial charge is 0.426 e. The van der Waals surface area contributed by atoms with E-state index in [0.29, 0.717) is 5.75 Å². The van der Waals surface area contributed by atoms with Crippen molar-refractivity contribution in [3.8, 4) is 5.75 Å². The van der Waals surface area contributed by atoms with Gasteiger partial charge in [-0.15, -0.1) is 0 Å². The molecule has 0 bridgehead atoms. The van der Waals surface area contributed by atoms with Gasteiger partial charge in [-0.2, -0.15) is 4.31 Å². The first kappa shape index (κ1) is 27.1. The van der Waals surface area contributed by atoms with Gasteiger partial charge in [0.1, 0.15) is 16.2 Å². The molecule has 0 saturated carbocycles. The van der Waals surface area contributed by atoms with Crippen LogP contribution in [0.15, 0.2) is 47.6 Å². The van der Waals surface area contributed by atoms with Crippen molar-refractivity contribution in [1.29, 1.82) is 0 Å². The fourth-order valence-corrected chi connectivity index (χ4v) is 7.26. The molecule has 3 atom stereocenters. The molecular formula is C27H33N5O6S. The summed E-state index contributed by atoms with van der Waals surface area (Å²) in [5.74, 6) is -1.00. The normalized spacial score (nSPS) is 25.1. The number of carbonyl (C=O) groups excluding carboxylic acids is 3. The highest BCUT2D eigenvalue weighted by molar-refractivity contribution is 7.89. The molecule has 1 N–H and O–H groups in total. The second kappa shape index (κ2) is 10.2. The summed E-state index contributed by atoms with van der Waals surface area (Å²) >= 11 is 0. The molecule has 4 heterocycles. The highest BCUT2D eigenvalue weighted by atomic mass is 32.2. The molecular weight excluding hydrogens is 522 g/mol. The fourth-order valence-electron chi connectivity index (χ4n) is 5.80. The first-order chi connectivity index (χ1) is 18.6. The third kappa shape index (κ3) is 4.65. The molecule has 1 spiro atoms. The minimum absolute atomic E-state index is 0.0265. The van der Waals surface area contributed by atoms with Gasteiger partial charge in [-0.1, -0.05) is 13.0 Å². The van der Waals surface area contributed by atoms with Crippen molar-refractivity contribution in [2.75, 3.05) is 37.6 Å². The number of carbonyl (C=O) groups is 3. The monoisotopic (exact) mass is 555 g/mol. The van der Waals surface area contributed by atoms with Gasteiger partial charge in [0.05, 0.1) is 5.92 Å². The number of rotatable bonds is 8. The number of nitrogens with one attached hydrogen (secondary N) is 1. The van der Waals surface area contributed by atoms with Crippen LogP contribution in [0.2, 0.25) is 0 Å². The Morgan fingerprint density at radius 3 is 2.64 bits per heavy atom. The number of sulfonamides is 1. The average molecular weight is 556 g/mol. The summed E-state index contributed by atoms with van der Waals surface area (Å²) in [6, 6.07) is 8.28. The molecule has 2 aromatic rings. The number of ether oxygens (including phenoxy) is 1.